The van der Waals surface area contributed by atoms with Crippen molar-refractivity contribution in [3.8, 4) is 44.5 Å². The average Bonchev–Trinajstić information content (AvgIpc) is 2.67. The number of benzene rings is 13. The third kappa shape index (κ3) is 7.79. The average molecular weight is 1050 g/mol. The number of nitrogens with zero attached hydrogens (tertiary/aromatic N) is 2. The van der Waals surface area contributed by atoms with Gasteiger partial charge in [-0.1, -0.05) is 279 Å². The van der Waals surface area contributed by atoms with Gasteiger partial charge < -0.3 is 9.80 Å². The lowest BCUT2D eigenvalue weighted by molar-refractivity contribution is 0.767. The molecule has 15 rings (SSSR count). The van der Waals surface area contributed by atoms with Crippen molar-refractivity contribution in [2.45, 2.75) is 10.8 Å². The summed E-state index contributed by atoms with van der Waals surface area (Å²) < 4.78 is 0. The van der Waals surface area contributed by atoms with Crippen LogP contribution in [0.15, 0.2) is 340 Å². The smallest absolute Gasteiger partial charge is 0.0714 e. The molecule has 0 unspecified atom stereocenters. The van der Waals surface area contributed by atoms with Crippen molar-refractivity contribution in [2.75, 3.05) is 9.80 Å². The van der Waals surface area contributed by atoms with Crippen LogP contribution in [0.1, 0.15) is 44.5 Å². The summed E-state index contributed by atoms with van der Waals surface area (Å²) in [5, 5.41) is 0. The van der Waals surface area contributed by atoms with Crippen LogP contribution in [0.5, 0.6) is 0 Å². The van der Waals surface area contributed by atoms with Gasteiger partial charge in [0.15, 0.2) is 0 Å². The van der Waals surface area contributed by atoms with Gasteiger partial charge in [-0.3, -0.25) is 0 Å². The van der Waals surface area contributed by atoms with E-state index in [1.165, 1.54) is 89.0 Å². The summed E-state index contributed by atoms with van der Waals surface area (Å²) >= 11 is 0. The molecular weight excluding hydrogens is 989 g/mol. The summed E-state index contributed by atoms with van der Waals surface area (Å²) in [6, 6.07) is 125. The highest BCUT2D eigenvalue weighted by Crippen LogP contribution is 2.61. The lowest BCUT2D eigenvalue weighted by atomic mass is 9.67. The van der Waals surface area contributed by atoms with Crippen LogP contribution in [-0.2, 0) is 10.8 Å². The second-order valence-electron chi connectivity index (χ2n) is 21.5. The molecule has 2 heteroatoms. The van der Waals surface area contributed by atoms with Crippen molar-refractivity contribution < 1.29 is 0 Å². The van der Waals surface area contributed by atoms with Gasteiger partial charge in [0.05, 0.1) is 16.5 Å². The van der Waals surface area contributed by atoms with Gasteiger partial charge in [-0.25, -0.2) is 0 Å². The molecule has 0 N–H and O–H groups in total. The molecule has 2 nitrogen and oxygen atoms in total. The minimum atomic E-state index is -0.604. The molecule has 0 atom stereocenters. The van der Waals surface area contributed by atoms with E-state index in [9.17, 15) is 0 Å². The molecule has 0 fully saturated rings. The maximum absolute atomic E-state index is 2.54. The summed E-state index contributed by atoms with van der Waals surface area (Å²) in [5.74, 6) is 0. The van der Waals surface area contributed by atoms with E-state index in [4.69, 9.17) is 0 Å². The van der Waals surface area contributed by atoms with E-state index in [-0.39, 0.29) is 0 Å². The molecule has 0 spiro atoms. The highest BCUT2D eigenvalue weighted by Gasteiger charge is 2.49. The third-order valence-electron chi connectivity index (χ3n) is 17.2. The molecule has 0 aromatic heterocycles. The Hall–Kier alpha value is -10.5. The Morgan fingerprint density at radius 2 is 0.524 bits per heavy atom. The fraction of sp³-hybridized carbons (Fsp3) is 0.0250. The van der Waals surface area contributed by atoms with E-state index in [0.717, 1.165) is 34.1 Å². The maximum Gasteiger partial charge on any atom is 0.0714 e. The molecule has 82 heavy (non-hydrogen) atoms. The highest BCUT2D eigenvalue weighted by atomic mass is 15.2. The quantitative estimate of drug-likeness (QED) is 0.120. The Labute approximate surface area is 480 Å². The van der Waals surface area contributed by atoms with Gasteiger partial charge in [0.2, 0.25) is 0 Å². The Balaban J connectivity index is 0.985. The van der Waals surface area contributed by atoms with Crippen LogP contribution >= 0.6 is 0 Å². The van der Waals surface area contributed by atoms with Crippen LogP contribution in [0.4, 0.5) is 34.1 Å². The Morgan fingerprint density at radius 1 is 0.195 bits per heavy atom. The van der Waals surface area contributed by atoms with Crippen LogP contribution in [0.25, 0.3) is 44.5 Å². The second-order valence-corrected chi connectivity index (χ2v) is 21.5. The minimum absolute atomic E-state index is 0.594. The van der Waals surface area contributed by atoms with Crippen molar-refractivity contribution in [1.29, 1.82) is 0 Å². The molecular formula is C80H56N2. The first-order valence-electron chi connectivity index (χ1n) is 28.4. The number of rotatable bonds is 12. The third-order valence-corrected chi connectivity index (χ3v) is 17.2. The Morgan fingerprint density at radius 3 is 1.01 bits per heavy atom. The van der Waals surface area contributed by atoms with Crippen LogP contribution < -0.4 is 9.80 Å². The lowest BCUT2D eigenvalue weighted by Crippen LogP contribution is -2.29. The maximum atomic E-state index is 2.54. The topological polar surface area (TPSA) is 6.48 Å². The predicted molar refractivity (Wildman–Crippen MR) is 341 cm³/mol. The summed E-state index contributed by atoms with van der Waals surface area (Å²) in [6.07, 6.45) is 0. The standard InChI is InChI=1S/C80H56N2/c1-6-25-57(26-7-1)59-47-51-65(52-48-59)81(66-53-49-60(50-54-66)58-27-8-2-9-28-58)68-37-23-38-69(56-68)82(67-36-22-35-64(55-67)80(63-33-14-5-15-34-63)73-42-19-16-39-70(73)71-40-17-20-43-74(71)80)77-46-24-45-76-78(77)72-41-18-21-44-75(72)79(76,61-29-10-3-11-30-61)62-31-12-4-13-32-62/h1-56H. The number of hydrogen-bond donors (Lipinski definition) is 0. The predicted octanol–water partition coefficient (Wildman–Crippen LogP) is 20.7. The minimum Gasteiger partial charge on any atom is -0.310 e. The summed E-state index contributed by atoms with van der Waals surface area (Å²) in [5.41, 5.74) is 24.8. The summed E-state index contributed by atoms with van der Waals surface area (Å²) in [6.45, 7) is 0. The molecule has 0 saturated heterocycles. The molecule has 0 amide bonds. The molecule has 2 aliphatic carbocycles. The van der Waals surface area contributed by atoms with Crippen molar-refractivity contribution in [3.05, 3.63) is 384 Å². The largest absolute Gasteiger partial charge is 0.310 e. The lowest BCUT2D eigenvalue weighted by Gasteiger charge is -2.36. The first-order chi connectivity index (χ1) is 40.7. The Bertz CT molecular complexity index is 4250. The zero-order valence-electron chi connectivity index (χ0n) is 45.2. The highest BCUT2D eigenvalue weighted by molar-refractivity contribution is 5.98. The normalized spacial score (nSPS) is 13.1. The fourth-order valence-electron chi connectivity index (χ4n) is 13.8. The van der Waals surface area contributed by atoms with Crippen LogP contribution in [0.3, 0.4) is 0 Å². The Kier molecular flexibility index (Phi) is 12.0. The monoisotopic (exact) mass is 1040 g/mol. The molecule has 0 radical (unpaired) electrons. The molecule has 2 aliphatic rings. The fourth-order valence-corrected chi connectivity index (χ4v) is 13.8. The summed E-state index contributed by atoms with van der Waals surface area (Å²) in [4.78, 5) is 4.94. The van der Waals surface area contributed by atoms with Crippen LogP contribution in [-0.4, -0.2) is 0 Å². The van der Waals surface area contributed by atoms with Gasteiger partial charge >= 0.3 is 0 Å². The molecule has 0 saturated carbocycles. The number of hydrogen-bond acceptors (Lipinski definition) is 2. The summed E-state index contributed by atoms with van der Waals surface area (Å²) in [7, 11) is 0. The zero-order chi connectivity index (χ0) is 54.5. The molecule has 0 bridgehead atoms. The van der Waals surface area contributed by atoms with E-state index in [0.29, 0.717) is 0 Å². The first-order valence-corrected chi connectivity index (χ1v) is 28.4. The zero-order valence-corrected chi connectivity index (χ0v) is 45.2. The van der Waals surface area contributed by atoms with E-state index in [2.05, 4.69) is 350 Å². The van der Waals surface area contributed by atoms with Gasteiger partial charge in [-0.15, -0.1) is 0 Å². The van der Waals surface area contributed by atoms with E-state index in [1.807, 2.05) is 0 Å². The van der Waals surface area contributed by atoms with E-state index in [1.54, 1.807) is 0 Å². The van der Waals surface area contributed by atoms with Crippen molar-refractivity contribution in [1.82, 2.24) is 0 Å². The van der Waals surface area contributed by atoms with Gasteiger partial charge in [0.25, 0.3) is 0 Å². The molecule has 0 heterocycles. The van der Waals surface area contributed by atoms with Crippen molar-refractivity contribution >= 4 is 34.1 Å². The van der Waals surface area contributed by atoms with Gasteiger partial charge in [0, 0.05) is 34.0 Å². The second kappa shape index (κ2) is 20.3. The van der Waals surface area contributed by atoms with Gasteiger partial charge in [0.1, 0.15) is 0 Å². The molecule has 13 aromatic carbocycles. The van der Waals surface area contributed by atoms with Crippen molar-refractivity contribution in [3.63, 3.8) is 0 Å². The molecule has 13 aromatic rings. The van der Waals surface area contributed by atoms with Crippen LogP contribution in [0.2, 0.25) is 0 Å². The number of fused-ring (bicyclic) bond motifs is 6. The molecule has 0 aliphatic heterocycles. The van der Waals surface area contributed by atoms with Crippen LogP contribution in [0, 0.1) is 0 Å². The van der Waals surface area contributed by atoms with Gasteiger partial charge in [-0.2, -0.15) is 0 Å². The molecule has 386 valence electrons. The SMILES string of the molecule is c1ccc(-c2ccc(N(c3ccc(-c4ccccc4)cc3)c3cccc(N(c4cccc(C5(c6ccccc6)c6ccccc6-c6ccccc65)c4)c4cccc5c4-c4ccccc4C5(c4ccccc4)c4ccccc4)c3)cc2)cc1. The van der Waals surface area contributed by atoms with Gasteiger partial charge in [-0.05, 0) is 144 Å². The van der Waals surface area contributed by atoms with E-state index < -0.39 is 10.8 Å². The van der Waals surface area contributed by atoms with Crippen molar-refractivity contribution in [2.24, 2.45) is 0 Å². The first kappa shape index (κ1) is 48.6. The number of anilines is 6. The van der Waals surface area contributed by atoms with E-state index >= 15 is 0 Å².